The minimum Gasteiger partial charge on any atom is -0.427 e. The van der Waals surface area contributed by atoms with E-state index in [0.29, 0.717) is 17.9 Å². The Hall–Kier alpha value is -1.77. The fourth-order valence-corrected chi connectivity index (χ4v) is 1.36. The molecule has 0 atom stereocenters. The first-order valence-electron chi connectivity index (χ1n) is 4.80. The van der Waals surface area contributed by atoms with Crippen LogP contribution in [0.4, 0.5) is 0 Å². The molecule has 3 heteroatoms. The van der Waals surface area contributed by atoms with E-state index in [1.807, 2.05) is 19.9 Å². The highest BCUT2D eigenvalue weighted by Gasteiger charge is 2.05. The van der Waals surface area contributed by atoms with Crippen molar-refractivity contribution in [3.8, 4) is 0 Å². The SMILES string of the molecule is C=C(N)/C=C\c1c(C)cc(=O)oc1CC. The number of nitrogens with two attached hydrogens (primary N) is 1. The average molecular weight is 205 g/mol. The highest BCUT2D eigenvalue weighted by molar-refractivity contribution is 5.57. The summed E-state index contributed by atoms with van der Waals surface area (Å²) in [5.74, 6) is 0.678. The van der Waals surface area contributed by atoms with E-state index in [1.54, 1.807) is 6.08 Å². The smallest absolute Gasteiger partial charge is 0.336 e. The first kappa shape index (κ1) is 11.3. The largest absolute Gasteiger partial charge is 0.427 e. The molecule has 1 aromatic heterocycles. The second-order valence-corrected chi connectivity index (χ2v) is 3.35. The van der Waals surface area contributed by atoms with E-state index in [-0.39, 0.29) is 5.63 Å². The number of allylic oxidation sites excluding steroid dienone is 1. The fourth-order valence-electron chi connectivity index (χ4n) is 1.36. The Morgan fingerprint density at radius 3 is 2.87 bits per heavy atom. The molecule has 1 heterocycles. The molecule has 0 fully saturated rings. The second-order valence-electron chi connectivity index (χ2n) is 3.35. The van der Waals surface area contributed by atoms with Crippen LogP contribution in [0.1, 0.15) is 23.8 Å². The lowest BCUT2D eigenvalue weighted by Crippen LogP contribution is -2.03. The molecule has 15 heavy (non-hydrogen) atoms. The molecule has 0 saturated carbocycles. The van der Waals surface area contributed by atoms with Gasteiger partial charge in [-0.05, 0) is 24.6 Å². The van der Waals surface area contributed by atoms with Crippen LogP contribution in [0.3, 0.4) is 0 Å². The maximum absolute atomic E-state index is 11.1. The van der Waals surface area contributed by atoms with Gasteiger partial charge in [0.15, 0.2) is 0 Å². The van der Waals surface area contributed by atoms with Gasteiger partial charge in [0.05, 0.1) is 0 Å². The molecule has 0 aliphatic heterocycles. The molecule has 0 bridgehead atoms. The number of hydrogen-bond acceptors (Lipinski definition) is 3. The van der Waals surface area contributed by atoms with Gasteiger partial charge in [-0.25, -0.2) is 4.79 Å². The van der Waals surface area contributed by atoms with Gasteiger partial charge in [0.2, 0.25) is 0 Å². The van der Waals surface area contributed by atoms with E-state index < -0.39 is 0 Å². The van der Waals surface area contributed by atoms with Crippen LogP contribution in [-0.4, -0.2) is 0 Å². The Morgan fingerprint density at radius 2 is 2.33 bits per heavy atom. The molecular formula is C12H15NO2. The maximum atomic E-state index is 11.1. The number of hydrogen-bond donors (Lipinski definition) is 1. The van der Waals surface area contributed by atoms with Crippen molar-refractivity contribution in [2.45, 2.75) is 20.3 Å². The molecule has 80 valence electrons. The molecule has 1 rings (SSSR count). The summed E-state index contributed by atoms with van der Waals surface area (Å²) in [6.45, 7) is 7.38. The predicted molar refractivity (Wildman–Crippen MR) is 61.5 cm³/mol. The molecule has 0 aliphatic carbocycles. The Kier molecular flexibility index (Phi) is 3.50. The van der Waals surface area contributed by atoms with Gasteiger partial charge in [0.1, 0.15) is 5.76 Å². The van der Waals surface area contributed by atoms with Crippen molar-refractivity contribution < 1.29 is 4.42 Å². The quantitative estimate of drug-likeness (QED) is 0.768. The topological polar surface area (TPSA) is 56.2 Å². The van der Waals surface area contributed by atoms with Gasteiger partial charge in [0.25, 0.3) is 0 Å². The van der Waals surface area contributed by atoms with Crippen LogP contribution in [0, 0.1) is 6.92 Å². The third kappa shape index (κ3) is 2.84. The molecule has 0 radical (unpaired) electrons. The summed E-state index contributed by atoms with van der Waals surface area (Å²) in [4.78, 5) is 11.1. The molecule has 0 saturated heterocycles. The Morgan fingerprint density at radius 1 is 1.67 bits per heavy atom. The van der Waals surface area contributed by atoms with Gasteiger partial charge in [-0.3, -0.25) is 0 Å². The summed E-state index contributed by atoms with van der Waals surface area (Å²) in [7, 11) is 0. The van der Waals surface area contributed by atoms with Crippen molar-refractivity contribution in [2.75, 3.05) is 0 Å². The zero-order valence-electron chi connectivity index (χ0n) is 9.04. The Balaban J connectivity index is 3.27. The lowest BCUT2D eigenvalue weighted by molar-refractivity contribution is 0.461. The summed E-state index contributed by atoms with van der Waals surface area (Å²) in [6.07, 6.45) is 4.19. The van der Waals surface area contributed by atoms with Gasteiger partial charge in [-0.1, -0.05) is 13.5 Å². The average Bonchev–Trinajstić information content (AvgIpc) is 2.14. The van der Waals surface area contributed by atoms with Crippen molar-refractivity contribution in [3.05, 3.63) is 51.7 Å². The van der Waals surface area contributed by atoms with Gasteiger partial charge >= 0.3 is 5.63 Å². The first-order valence-corrected chi connectivity index (χ1v) is 4.80. The van der Waals surface area contributed by atoms with Crippen LogP contribution in [0.25, 0.3) is 6.08 Å². The highest BCUT2D eigenvalue weighted by Crippen LogP contribution is 2.14. The summed E-state index contributed by atoms with van der Waals surface area (Å²) in [6, 6.07) is 1.47. The first-order chi connectivity index (χ1) is 7.04. The van der Waals surface area contributed by atoms with E-state index in [1.165, 1.54) is 6.07 Å². The number of aryl methyl sites for hydroxylation is 2. The van der Waals surface area contributed by atoms with Crippen LogP contribution in [0.15, 0.2) is 33.6 Å². The lowest BCUT2D eigenvalue weighted by atomic mass is 10.1. The molecule has 3 nitrogen and oxygen atoms in total. The fraction of sp³-hybridized carbons (Fsp3) is 0.250. The van der Waals surface area contributed by atoms with Gasteiger partial charge in [-0.2, -0.15) is 0 Å². The predicted octanol–water partition coefficient (Wildman–Crippen LogP) is 2.00. The number of rotatable bonds is 3. The van der Waals surface area contributed by atoms with Crippen molar-refractivity contribution in [1.29, 1.82) is 0 Å². The third-order valence-electron chi connectivity index (χ3n) is 2.07. The summed E-state index contributed by atoms with van der Waals surface area (Å²) in [5.41, 5.74) is 7.40. The summed E-state index contributed by atoms with van der Waals surface area (Å²) < 4.78 is 5.09. The van der Waals surface area contributed by atoms with E-state index in [4.69, 9.17) is 10.2 Å². The maximum Gasteiger partial charge on any atom is 0.336 e. The van der Waals surface area contributed by atoms with Crippen LogP contribution in [-0.2, 0) is 6.42 Å². The summed E-state index contributed by atoms with van der Waals surface area (Å²) >= 11 is 0. The normalized spacial score (nSPS) is 10.8. The minimum atomic E-state index is -0.312. The molecular weight excluding hydrogens is 190 g/mol. The third-order valence-corrected chi connectivity index (χ3v) is 2.07. The second kappa shape index (κ2) is 4.64. The molecule has 0 spiro atoms. The van der Waals surface area contributed by atoms with Crippen molar-refractivity contribution >= 4 is 6.08 Å². The Labute approximate surface area is 88.9 Å². The molecule has 0 unspecified atom stereocenters. The zero-order valence-corrected chi connectivity index (χ0v) is 9.04. The molecule has 0 aromatic carbocycles. The molecule has 0 amide bonds. The van der Waals surface area contributed by atoms with Crippen molar-refractivity contribution in [3.63, 3.8) is 0 Å². The molecule has 0 aliphatic rings. The minimum absolute atomic E-state index is 0.312. The highest BCUT2D eigenvalue weighted by atomic mass is 16.4. The summed E-state index contributed by atoms with van der Waals surface area (Å²) in [5, 5.41) is 0. The van der Waals surface area contributed by atoms with E-state index in [0.717, 1.165) is 11.1 Å². The van der Waals surface area contributed by atoms with Crippen molar-refractivity contribution in [1.82, 2.24) is 0 Å². The van der Waals surface area contributed by atoms with Crippen LogP contribution in [0.5, 0.6) is 0 Å². The van der Waals surface area contributed by atoms with Gasteiger partial charge in [-0.15, -0.1) is 0 Å². The van der Waals surface area contributed by atoms with Gasteiger partial charge in [0, 0.05) is 23.7 Å². The molecule has 2 N–H and O–H groups in total. The Bertz CT molecular complexity index is 455. The van der Waals surface area contributed by atoms with Gasteiger partial charge < -0.3 is 10.2 Å². The standard InChI is InChI=1S/C12H15NO2/c1-4-11-10(6-5-9(3)13)8(2)7-12(14)15-11/h5-7H,3-4,13H2,1-2H3/b6-5-. The monoisotopic (exact) mass is 205 g/mol. The van der Waals surface area contributed by atoms with Crippen LogP contribution >= 0.6 is 0 Å². The van der Waals surface area contributed by atoms with Crippen molar-refractivity contribution in [2.24, 2.45) is 5.73 Å². The zero-order chi connectivity index (χ0) is 11.4. The van der Waals surface area contributed by atoms with E-state index >= 15 is 0 Å². The van der Waals surface area contributed by atoms with Crippen LogP contribution in [0.2, 0.25) is 0 Å². The lowest BCUT2D eigenvalue weighted by Gasteiger charge is -2.04. The van der Waals surface area contributed by atoms with E-state index in [2.05, 4.69) is 6.58 Å². The van der Waals surface area contributed by atoms with Crippen LogP contribution < -0.4 is 11.4 Å². The molecule has 1 aromatic rings. The van der Waals surface area contributed by atoms with E-state index in [9.17, 15) is 4.79 Å².